The lowest BCUT2D eigenvalue weighted by Gasteiger charge is -2.07. The van der Waals surface area contributed by atoms with Gasteiger partial charge in [-0.25, -0.2) is 0 Å². The normalized spacial score (nSPS) is 10.4. The molecule has 0 unspecified atom stereocenters. The Hall–Kier alpha value is -1.33. The van der Waals surface area contributed by atoms with Crippen LogP contribution >= 0.6 is 27.3 Å². The van der Waals surface area contributed by atoms with E-state index in [1.165, 1.54) is 18.4 Å². The Morgan fingerprint density at radius 2 is 2.11 bits per heavy atom. The molecule has 0 bridgehead atoms. The second kappa shape index (κ2) is 5.12. The first kappa shape index (κ1) is 13.1. The molecule has 1 heterocycles. The van der Waals surface area contributed by atoms with Crippen LogP contribution in [0, 0.1) is 6.92 Å². The predicted octanol–water partition coefficient (Wildman–Crippen LogP) is 3.64. The number of carbonyl (C=O) groups excluding carboxylic acids is 1. The Balaban J connectivity index is 2.45. The van der Waals surface area contributed by atoms with Gasteiger partial charge in [-0.1, -0.05) is 0 Å². The van der Waals surface area contributed by atoms with Crippen LogP contribution in [-0.2, 0) is 0 Å². The summed E-state index contributed by atoms with van der Waals surface area (Å²) in [6.07, 6.45) is 0. The van der Waals surface area contributed by atoms with Gasteiger partial charge in [0.15, 0.2) is 0 Å². The van der Waals surface area contributed by atoms with E-state index in [-0.39, 0.29) is 5.78 Å². The molecule has 3 nitrogen and oxygen atoms in total. The lowest BCUT2D eigenvalue weighted by Crippen LogP contribution is -2.02. The smallest absolute Gasteiger partial charge is 0.206 e. The third-order valence-electron chi connectivity index (χ3n) is 2.55. The number of methoxy groups -OCH3 is 1. The quantitative estimate of drug-likeness (QED) is 0.692. The van der Waals surface area contributed by atoms with Crippen molar-refractivity contribution >= 4 is 38.7 Å². The summed E-state index contributed by atoms with van der Waals surface area (Å²) in [5.74, 6) is 0.452. The van der Waals surface area contributed by atoms with Gasteiger partial charge in [0.2, 0.25) is 5.78 Å². The molecule has 0 amide bonds. The molecule has 0 fully saturated rings. The molecule has 0 aliphatic rings. The Kier molecular flexibility index (Phi) is 3.73. The monoisotopic (exact) mass is 325 g/mol. The number of rotatable bonds is 3. The van der Waals surface area contributed by atoms with Crippen molar-refractivity contribution in [3.63, 3.8) is 0 Å². The highest BCUT2D eigenvalue weighted by atomic mass is 79.9. The first-order valence-electron chi connectivity index (χ1n) is 5.27. The Bertz CT molecular complexity index is 588. The van der Waals surface area contributed by atoms with Crippen LogP contribution < -0.4 is 10.5 Å². The predicted molar refractivity (Wildman–Crippen MR) is 77.6 cm³/mol. The maximum atomic E-state index is 12.4. The first-order chi connectivity index (χ1) is 8.52. The maximum Gasteiger partial charge on any atom is 0.206 e. The number of aryl methyl sites for hydroxylation is 1. The van der Waals surface area contributed by atoms with E-state index in [0.29, 0.717) is 21.9 Å². The second-order valence-electron chi connectivity index (χ2n) is 3.86. The van der Waals surface area contributed by atoms with Crippen LogP contribution in [0.15, 0.2) is 28.1 Å². The van der Waals surface area contributed by atoms with E-state index in [1.54, 1.807) is 18.2 Å². The van der Waals surface area contributed by atoms with Crippen LogP contribution in [0.5, 0.6) is 5.75 Å². The van der Waals surface area contributed by atoms with Gasteiger partial charge in [-0.2, -0.15) is 0 Å². The number of ketones is 1. The fraction of sp³-hybridized carbons (Fsp3) is 0.154. The second-order valence-corrected chi connectivity index (χ2v) is 6.23. The molecule has 2 N–H and O–H groups in total. The largest absolute Gasteiger partial charge is 0.496 e. The van der Waals surface area contributed by atoms with Crippen molar-refractivity contribution in [2.24, 2.45) is 0 Å². The number of hydrogen-bond acceptors (Lipinski definition) is 4. The molecule has 0 aliphatic heterocycles. The van der Waals surface area contributed by atoms with Crippen molar-refractivity contribution in [1.29, 1.82) is 0 Å². The number of anilines is 1. The average Bonchev–Trinajstić information content (AvgIpc) is 2.68. The van der Waals surface area contributed by atoms with E-state index in [1.807, 2.05) is 13.0 Å². The van der Waals surface area contributed by atoms with E-state index in [2.05, 4.69) is 15.9 Å². The lowest BCUT2D eigenvalue weighted by atomic mass is 10.1. The van der Waals surface area contributed by atoms with Gasteiger partial charge in [0.05, 0.1) is 21.3 Å². The maximum absolute atomic E-state index is 12.4. The molecule has 5 heteroatoms. The molecule has 18 heavy (non-hydrogen) atoms. The molecular formula is C13H12BrNO2S. The Labute approximate surface area is 118 Å². The van der Waals surface area contributed by atoms with Crippen LogP contribution in [0.25, 0.3) is 0 Å². The lowest BCUT2D eigenvalue weighted by molar-refractivity contribution is 0.103. The zero-order valence-electron chi connectivity index (χ0n) is 9.99. The standard InChI is InChI=1S/C13H12BrNO2S/c1-7-5-11(18-13(7)14)12(16)9-4-3-8(15)6-10(9)17-2/h3-6H,15H2,1-2H3. The third-order valence-corrected chi connectivity index (χ3v) is 4.69. The zero-order chi connectivity index (χ0) is 13.3. The first-order valence-corrected chi connectivity index (χ1v) is 6.88. The minimum atomic E-state index is -0.0503. The molecule has 0 saturated carbocycles. The van der Waals surface area contributed by atoms with Crippen molar-refractivity contribution in [3.05, 3.63) is 44.1 Å². The number of nitrogens with two attached hydrogens (primary N) is 1. The molecule has 0 atom stereocenters. The molecule has 2 rings (SSSR count). The Morgan fingerprint density at radius 1 is 1.39 bits per heavy atom. The fourth-order valence-corrected chi connectivity index (χ4v) is 3.09. The van der Waals surface area contributed by atoms with Gasteiger partial charge < -0.3 is 10.5 Å². The number of thiophene rings is 1. The van der Waals surface area contributed by atoms with Gasteiger partial charge in [-0.15, -0.1) is 11.3 Å². The molecule has 1 aromatic carbocycles. The molecule has 1 aromatic heterocycles. The molecular weight excluding hydrogens is 314 g/mol. The molecule has 94 valence electrons. The topological polar surface area (TPSA) is 52.3 Å². The number of benzene rings is 1. The van der Waals surface area contributed by atoms with Crippen molar-refractivity contribution in [2.75, 3.05) is 12.8 Å². The number of halogens is 1. The summed E-state index contributed by atoms with van der Waals surface area (Å²) in [4.78, 5) is 13.1. The van der Waals surface area contributed by atoms with Gasteiger partial charge in [0, 0.05) is 11.8 Å². The SMILES string of the molecule is COc1cc(N)ccc1C(=O)c1cc(C)c(Br)s1. The van der Waals surface area contributed by atoms with Crippen molar-refractivity contribution in [1.82, 2.24) is 0 Å². The van der Waals surface area contributed by atoms with E-state index in [9.17, 15) is 4.79 Å². The highest BCUT2D eigenvalue weighted by molar-refractivity contribution is 9.11. The van der Waals surface area contributed by atoms with Gasteiger partial charge >= 0.3 is 0 Å². The van der Waals surface area contributed by atoms with Gasteiger partial charge in [0.25, 0.3) is 0 Å². The van der Waals surface area contributed by atoms with Crippen LogP contribution in [-0.4, -0.2) is 12.9 Å². The summed E-state index contributed by atoms with van der Waals surface area (Å²) >= 11 is 4.84. The van der Waals surface area contributed by atoms with E-state index >= 15 is 0 Å². The summed E-state index contributed by atoms with van der Waals surface area (Å²) in [5, 5.41) is 0. The van der Waals surface area contributed by atoms with Crippen LogP contribution in [0.3, 0.4) is 0 Å². The summed E-state index contributed by atoms with van der Waals surface area (Å²) < 4.78 is 6.17. The van der Waals surface area contributed by atoms with Crippen LogP contribution in [0.4, 0.5) is 5.69 Å². The third kappa shape index (κ3) is 2.42. The van der Waals surface area contributed by atoms with Crippen molar-refractivity contribution in [3.8, 4) is 5.75 Å². The van der Waals surface area contributed by atoms with Crippen molar-refractivity contribution < 1.29 is 9.53 Å². The Morgan fingerprint density at radius 3 is 2.67 bits per heavy atom. The van der Waals surface area contributed by atoms with Crippen LogP contribution in [0.1, 0.15) is 20.8 Å². The molecule has 0 saturated heterocycles. The van der Waals surface area contributed by atoms with Gasteiger partial charge in [-0.3, -0.25) is 4.79 Å². The minimum Gasteiger partial charge on any atom is -0.496 e. The number of ether oxygens (including phenoxy) is 1. The number of carbonyl (C=O) groups is 1. The molecule has 2 aromatic rings. The number of hydrogen-bond donors (Lipinski definition) is 1. The summed E-state index contributed by atoms with van der Waals surface area (Å²) in [6.45, 7) is 1.96. The molecule has 0 spiro atoms. The fourth-order valence-electron chi connectivity index (χ4n) is 1.60. The van der Waals surface area contributed by atoms with E-state index < -0.39 is 0 Å². The molecule has 0 aliphatic carbocycles. The average molecular weight is 326 g/mol. The highest BCUT2D eigenvalue weighted by Gasteiger charge is 2.17. The summed E-state index contributed by atoms with van der Waals surface area (Å²) in [6, 6.07) is 6.92. The zero-order valence-corrected chi connectivity index (χ0v) is 12.4. The summed E-state index contributed by atoms with van der Waals surface area (Å²) in [7, 11) is 1.53. The number of nitrogen functional groups attached to an aromatic ring is 1. The van der Waals surface area contributed by atoms with Gasteiger partial charge in [0.1, 0.15) is 5.75 Å². The summed E-state index contributed by atoms with van der Waals surface area (Å²) in [5.41, 5.74) is 7.83. The highest BCUT2D eigenvalue weighted by Crippen LogP contribution is 2.31. The van der Waals surface area contributed by atoms with E-state index in [0.717, 1.165) is 9.35 Å². The minimum absolute atomic E-state index is 0.0503. The van der Waals surface area contributed by atoms with Crippen molar-refractivity contribution in [2.45, 2.75) is 6.92 Å². The molecule has 0 radical (unpaired) electrons. The van der Waals surface area contributed by atoms with E-state index in [4.69, 9.17) is 10.5 Å². The van der Waals surface area contributed by atoms with Gasteiger partial charge in [-0.05, 0) is 46.6 Å². The van der Waals surface area contributed by atoms with Crippen LogP contribution in [0.2, 0.25) is 0 Å².